The lowest BCUT2D eigenvalue weighted by Crippen LogP contribution is -2.47. The zero-order chi connectivity index (χ0) is 17.0. The van der Waals surface area contributed by atoms with Gasteiger partial charge in [0.2, 0.25) is 0 Å². The van der Waals surface area contributed by atoms with Crippen molar-refractivity contribution in [1.29, 1.82) is 0 Å². The number of halogens is 6. The van der Waals surface area contributed by atoms with Gasteiger partial charge in [0, 0.05) is 0 Å². The molecule has 0 bridgehead atoms. The van der Waals surface area contributed by atoms with Crippen LogP contribution in [0.5, 0.6) is 0 Å². The zero-order valence-electron chi connectivity index (χ0n) is 11.1. The highest BCUT2D eigenvalue weighted by molar-refractivity contribution is 5.80. The molecule has 0 rings (SSSR count). The van der Waals surface area contributed by atoms with Gasteiger partial charge >= 0.3 is 30.2 Å². The van der Waals surface area contributed by atoms with Gasteiger partial charge in [-0.25, -0.2) is 8.78 Å². The first kappa shape index (κ1) is 19.5. The third-order valence-corrected chi connectivity index (χ3v) is 2.93. The molecule has 0 aliphatic rings. The van der Waals surface area contributed by atoms with Gasteiger partial charge in [0.05, 0.1) is 24.9 Å². The summed E-state index contributed by atoms with van der Waals surface area (Å²) in [6, 6.07) is 0. The standard InChI is InChI=1S/C11H14F6O4/c1-5(7(18)19)6(2)8(20)21-4-3-10(14,15)11(16,17)9(12)13/h5-6,9H,3-4H2,1-2H3,(H,18,19). The van der Waals surface area contributed by atoms with Gasteiger partial charge in [-0.3, -0.25) is 9.59 Å². The van der Waals surface area contributed by atoms with Crippen LogP contribution in [-0.4, -0.2) is 41.9 Å². The minimum Gasteiger partial charge on any atom is -0.481 e. The molecule has 0 aromatic carbocycles. The lowest BCUT2D eigenvalue weighted by molar-refractivity contribution is -0.268. The summed E-state index contributed by atoms with van der Waals surface area (Å²) in [5.74, 6) is -15.5. The number of rotatable bonds is 8. The van der Waals surface area contributed by atoms with Crippen molar-refractivity contribution in [3.05, 3.63) is 0 Å². The summed E-state index contributed by atoms with van der Waals surface area (Å²) < 4.78 is 78.6. The predicted molar refractivity (Wildman–Crippen MR) is 57.4 cm³/mol. The van der Waals surface area contributed by atoms with Gasteiger partial charge < -0.3 is 9.84 Å². The minimum atomic E-state index is -5.54. The summed E-state index contributed by atoms with van der Waals surface area (Å²) in [6.07, 6.45) is -6.36. The molecule has 0 aromatic heterocycles. The summed E-state index contributed by atoms with van der Waals surface area (Å²) in [7, 11) is 0. The van der Waals surface area contributed by atoms with Gasteiger partial charge in [-0.05, 0) is 0 Å². The molecule has 0 saturated heterocycles. The van der Waals surface area contributed by atoms with E-state index in [9.17, 15) is 35.9 Å². The van der Waals surface area contributed by atoms with Gasteiger partial charge in [0.15, 0.2) is 0 Å². The fraction of sp³-hybridized carbons (Fsp3) is 0.818. The van der Waals surface area contributed by atoms with E-state index >= 15 is 0 Å². The molecule has 0 aliphatic carbocycles. The first-order valence-corrected chi connectivity index (χ1v) is 5.77. The maximum absolute atomic E-state index is 12.9. The fourth-order valence-corrected chi connectivity index (χ4v) is 1.16. The van der Waals surface area contributed by atoms with Gasteiger partial charge in [-0.1, -0.05) is 13.8 Å². The van der Waals surface area contributed by atoms with Crippen LogP contribution >= 0.6 is 0 Å². The molecule has 0 amide bonds. The molecule has 0 saturated carbocycles. The largest absolute Gasteiger partial charge is 0.481 e. The second-order valence-electron chi connectivity index (χ2n) is 4.46. The molecular weight excluding hydrogens is 310 g/mol. The fourth-order valence-electron chi connectivity index (χ4n) is 1.16. The number of ether oxygens (including phenoxy) is 1. The van der Waals surface area contributed by atoms with E-state index in [-0.39, 0.29) is 0 Å². The van der Waals surface area contributed by atoms with Crippen molar-refractivity contribution in [2.75, 3.05) is 6.61 Å². The maximum atomic E-state index is 12.9. The second kappa shape index (κ2) is 6.99. The van der Waals surface area contributed by atoms with Crippen LogP contribution in [0.15, 0.2) is 0 Å². The van der Waals surface area contributed by atoms with E-state index in [0.29, 0.717) is 0 Å². The van der Waals surface area contributed by atoms with Crippen molar-refractivity contribution in [2.24, 2.45) is 11.8 Å². The maximum Gasteiger partial charge on any atom is 0.369 e. The monoisotopic (exact) mass is 324 g/mol. The van der Waals surface area contributed by atoms with Crippen molar-refractivity contribution in [3.63, 3.8) is 0 Å². The zero-order valence-corrected chi connectivity index (χ0v) is 11.1. The summed E-state index contributed by atoms with van der Waals surface area (Å²) >= 11 is 0. The molecule has 0 aromatic rings. The Kier molecular flexibility index (Phi) is 6.50. The summed E-state index contributed by atoms with van der Waals surface area (Å²) in [5, 5.41) is 8.61. The van der Waals surface area contributed by atoms with Crippen LogP contribution < -0.4 is 0 Å². The SMILES string of the molecule is CC(C(=O)O)C(C)C(=O)OCCC(F)(F)C(F)(F)C(F)F. The summed E-state index contributed by atoms with van der Waals surface area (Å²) in [5.41, 5.74) is 0. The van der Waals surface area contributed by atoms with Crippen molar-refractivity contribution in [1.82, 2.24) is 0 Å². The van der Waals surface area contributed by atoms with Crippen molar-refractivity contribution < 1.29 is 45.8 Å². The van der Waals surface area contributed by atoms with Crippen LogP contribution in [0.25, 0.3) is 0 Å². The molecule has 0 heterocycles. The average Bonchev–Trinajstić information content (AvgIpc) is 2.35. The molecule has 10 heteroatoms. The molecule has 0 aliphatic heterocycles. The third kappa shape index (κ3) is 4.78. The Hall–Kier alpha value is -1.48. The molecule has 21 heavy (non-hydrogen) atoms. The Bertz CT molecular complexity index is 385. The Labute approximate surface area is 116 Å². The van der Waals surface area contributed by atoms with Gasteiger partial charge in [-0.2, -0.15) is 17.6 Å². The van der Waals surface area contributed by atoms with Crippen LogP contribution in [0.1, 0.15) is 20.3 Å². The van der Waals surface area contributed by atoms with E-state index < -0.39 is 55.1 Å². The van der Waals surface area contributed by atoms with Crippen molar-refractivity contribution >= 4 is 11.9 Å². The quantitative estimate of drug-likeness (QED) is 0.551. The smallest absolute Gasteiger partial charge is 0.369 e. The van der Waals surface area contributed by atoms with Crippen LogP contribution in [0, 0.1) is 11.8 Å². The molecular formula is C11H14F6O4. The minimum absolute atomic E-state index is 1.15. The number of hydrogen-bond acceptors (Lipinski definition) is 3. The molecule has 124 valence electrons. The van der Waals surface area contributed by atoms with Crippen molar-refractivity contribution in [3.8, 4) is 0 Å². The van der Waals surface area contributed by atoms with E-state index in [1.165, 1.54) is 0 Å². The normalized spacial score (nSPS) is 15.7. The van der Waals surface area contributed by atoms with E-state index in [1.807, 2.05) is 0 Å². The van der Waals surface area contributed by atoms with Crippen molar-refractivity contribution in [2.45, 2.75) is 38.5 Å². The number of carboxylic acid groups (broad SMARTS) is 1. The highest BCUT2D eigenvalue weighted by Gasteiger charge is 2.62. The molecule has 4 nitrogen and oxygen atoms in total. The van der Waals surface area contributed by atoms with E-state index in [1.54, 1.807) is 0 Å². The highest BCUT2D eigenvalue weighted by atomic mass is 19.3. The third-order valence-electron chi connectivity index (χ3n) is 2.93. The molecule has 2 atom stereocenters. The Balaban J connectivity index is 4.50. The summed E-state index contributed by atoms with van der Waals surface area (Å²) in [4.78, 5) is 21.9. The molecule has 0 radical (unpaired) electrons. The van der Waals surface area contributed by atoms with Gasteiger partial charge in [-0.15, -0.1) is 0 Å². The number of carbonyl (C=O) groups is 2. The number of alkyl halides is 6. The van der Waals surface area contributed by atoms with Crippen LogP contribution in [-0.2, 0) is 14.3 Å². The number of carboxylic acids is 1. The lowest BCUT2D eigenvalue weighted by atomic mass is 9.96. The van der Waals surface area contributed by atoms with E-state index in [4.69, 9.17) is 5.11 Å². The topological polar surface area (TPSA) is 63.6 Å². The predicted octanol–water partition coefficient (Wildman–Crippen LogP) is 2.81. The van der Waals surface area contributed by atoms with E-state index in [0.717, 1.165) is 13.8 Å². The average molecular weight is 324 g/mol. The Morgan fingerprint density at radius 3 is 1.95 bits per heavy atom. The lowest BCUT2D eigenvalue weighted by Gasteiger charge is -2.25. The number of carbonyl (C=O) groups excluding carboxylic acids is 1. The van der Waals surface area contributed by atoms with Gasteiger partial charge in [0.25, 0.3) is 0 Å². The highest BCUT2D eigenvalue weighted by Crippen LogP contribution is 2.41. The number of aliphatic carboxylic acids is 1. The first-order chi connectivity index (χ1) is 9.34. The molecule has 0 spiro atoms. The second-order valence-corrected chi connectivity index (χ2v) is 4.46. The molecule has 2 unspecified atom stereocenters. The van der Waals surface area contributed by atoms with Crippen LogP contribution in [0.4, 0.5) is 26.3 Å². The van der Waals surface area contributed by atoms with Gasteiger partial charge in [0.1, 0.15) is 0 Å². The van der Waals surface area contributed by atoms with E-state index in [2.05, 4.69) is 4.74 Å². The summed E-state index contributed by atoms with van der Waals surface area (Å²) in [6.45, 7) is 1.08. The Morgan fingerprint density at radius 2 is 1.57 bits per heavy atom. The first-order valence-electron chi connectivity index (χ1n) is 5.77. The Morgan fingerprint density at radius 1 is 1.10 bits per heavy atom. The number of hydrogen-bond donors (Lipinski definition) is 1. The van der Waals surface area contributed by atoms with Crippen LogP contribution in [0.2, 0.25) is 0 Å². The van der Waals surface area contributed by atoms with Crippen LogP contribution in [0.3, 0.4) is 0 Å². The number of esters is 1. The molecule has 0 fully saturated rings. The molecule has 1 N–H and O–H groups in total.